The van der Waals surface area contributed by atoms with Crippen LogP contribution in [0.3, 0.4) is 0 Å². The highest BCUT2D eigenvalue weighted by atomic mass is 16.2. The molecule has 0 N–H and O–H groups in total. The van der Waals surface area contributed by atoms with Crippen molar-refractivity contribution in [3.63, 3.8) is 0 Å². The summed E-state index contributed by atoms with van der Waals surface area (Å²) in [6, 6.07) is 0.285. The van der Waals surface area contributed by atoms with Crippen molar-refractivity contribution in [2.45, 2.75) is 83.6 Å². The molecule has 0 radical (unpaired) electrons. The van der Waals surface area contributed by atoms with Crippen LogP contribution in [0.15, 0.2) is 0 Å². The molecule has 5 nitrogen and oxygen atoms in total. The molecule has 0 aromatic rings. The summed E-state index contributed by atoms with van der Waals surface area (Å²) >= 11 is 0. The molecular weight excluding hydrogens is 304 g/mol. The van der Waals surface area contributed by atoms with Gasteiger partial charge in [0, 0.05) is 19.0 Å². The van der Waals surface area contributed by atoms with E-state index < -0.39 is 5.41 Å². The van der Waals surface area contributed by atoms with Crippen LogP contribution in [0.2, 0.25) is 0 Å². The molecule has 1 spiro atoms. The second kappa shape index (κ2) is 7.24. The molecule has 0 unspecified atom stereocenters. The minimum atomic E-state index is -0.489. The van der Waals surface area contributed by atoms with Crippen molar-refractivity contribution >= 4 is 17.7 Å². The van der Waals surface area contributed by atoms with E-state index in [1.165, 1.54) is 24.2 Å². The first-order valence-electron chi connectivity index (χ1n) is 9.72. The van der Waals surface area contributed by atoms with Crippen molar-refractivity contribution in [3.05, 3.63) is 0 Å². The molecule has 3 fully saturated rings. The normalized spacial score (nSPS) is 24.6. The number of rotatable bonds is 4. The molecule has 0 bridgehead atoms. The van der Waals surface area contributed by atoms with Crippen LogP contribution in [0, 0.1) is 5.41 Å². The SMILES string of the molecule is CCN(C(=O)CN1C(=O)CC2(CCCCC2)C1=O)C1CCCCC1. The highest BCUT2D eigenvalue weighted by Gasteiger charge is 2.52. The highest BCUT2D eigenvalue weighted by molar-refractivity contribution is 6.08. The molecule has 0 aromatic carbocycles. The number of hydrogen-bond acceptors (Lipinski definition) is 3. The standard InChI is InChI=1S/C19H30N2O3/c1-2-20(15-9-5-3-6-10-15)17(23)14-21-16(22)13-19(18(21)24)11-7-4-8-12-19/h15H,2-14H2,1H3. The molecule has 3 rings (SSSR count). The van der Waals surface area contributed by atoms with Crippen molar-refractivity contribution < 1.29 is 14.4 Å². The van der Waals surface area contributed by atoms with Gasteiger partial charge in [0.25, 0.3) is 0 Å². The molecule has 0 atom stereocenters. The predicted octanol–water partition coefficient (Wildman–Crippen LogP) is 2.88. The van der Waals surface area contributed by atoms with Crippen LogP contribution in [-0.2, 0) is 14.4 Å². The zero-order chi connectivity index (χ0) is 17.2. The summed E-state index contributed by atoms with van der Waals surface area (Å²) < 4.78 is 0. The molecular formula is C19H30N2O3. The van der Waals surface area contributed by atoms with Crippen LogP contribution >= 0.6 is 0 Å². The van der Waals surface area contributed by atoms with Crippen LogP contribution < -0.4 is 0 Å². The van der Waals surface area contributed by atoms with Gasteiger partial charge in [-0.15, -0.1) is 0 Å². The van der Waals surface area contributed by atoms with Crippen LogP contribution in [0.1, 0.15) is 77.6 Å². The first-order valence-corrected chi connectivity index (χ1v) is 9.72. The lowest BCUT2D eigenvalue weighted by Gasteiger charge is -2.35. The quantitative estimate of drug-likeness (QED) is 0.743. The van der Waals surface area contributed by atoms with Gasteiger partial charge in [-0.05, 0) is 32.6 Å². The Morgan fingerprint density at radius 3 is 2.33 bits per heavy atom. The predicted molar refractivity (Wildman–Crippen MR) is 91.1 cm³/mol. The van der Waals surface area contributed by atoms with Crippen molar-refractivity contribution in [1.82, 2.24) is 9.80 Å². The van der Waals surface area contributed by atoms with Crippen LogP contribution in [0.25, 0.3) is 0 Å². The monoisotopic (exact) mass is 334 g/mol. The minimum Gasteiger partial charge on any atom is -0.338 e. The Bertz CT molecular complexity index is 505. The Morgan fingerprint density at radius 1 is 1.08 bits per heavy atom. The van der Waals surface area contributed by atoms with Gasteiger partial charge in [-0.1, -0.05) is 38.5 Å². The maximum Gasteiger partial charge on any atom is 0.242 e. The lowest BCUT2D eigenvalue weighted by atomic mass is 9.73. The van der Waals surface area contributed by atoms with E-state index in [-0.39, 0.29) is 30.3 Å². The van der Waals surface area contributed by atoms with Gasteiger partial charge in [0.1, 0.15) is 6.54 Å². The van der Waals surface area contributed by atoms with Gasteiger partial charge >= 0.3 is 0 Å². The lowest BCUT2D eigenvalue weighted by molar-refractivity contribution is -0.149. The highest BCUT2D eigenvalue weighted by Crippen LogP contribution is 2.45. The fraction of sp³-hybridized carbons (Fsp3) is 0.842. The molecule has 134 valence electrons. The van der Waals surface area contributed by atoms with E-state index in [2.05, 4.69) is 0 Å². The van der Waals surface area contributed by atoms with E-state index in [1.54, 1.807) is 0 Å². The molecule has 1 heterocycles. The number of amides is 3. The van der Waals surface area contributed by atoms with Crippen LogP contribution in [0.4, 0.5) is 0 Å². The van der Waals surface area contributed by atoms with Crippen molar-refractivity contribution in [1.29, 1.82) is 0 Å². The average Bonchev–Trinajstić information content (AvgIpc) is 2.81. The van der Waals surface area contributed by atoms with Crippen molar-refractivity contribution in [3.8, 4) is 0 Å². The molecule has 5 heteroatoms. The van der Waals surface area contributed by atoms with Gasteiger partial charge in [-0.3, -0.25) is 19.3 Å². The van der Waals surface area contributed by atoms with Gasteiger partial charge in [-0.25, -0.2) is 0 Å². The fourth-order valence-corrected chi connectivity index (χ4v) is 4.90. The average molecular weight is 334 g/mol. The number of likely N-dealkylation sites (tertiary alicyclic amines) is 1. The van der Waals surface area contributed by atoms with E-state index in [9.17, 15) is 14.4 Å². The molecule has 0 aromatic heterocycles. The summed E-state index contributed by atoms with van der Waals surface area (Å²) in [7, 11) is 0. The minimum absolute atomic E-state index is 0.0518. The van der Waals surface area contributed by atoms with Crippen molar-refractivity contribution in [2.24, 2.45) is 5.41 Å². The second-order valence-electron chi connectivity index (χ2n) is 7.77. The van der Waals surface area contributed by atoms with Crippen molar-refractivity contribution in [2.75, 3.05) is 13.1 Å². The first-order chi connectivity index (χ1) is 11.6. The van der Waals surface area contributed by atoms with E-state index >= 15 is 0 Å². The first kappa shape index (κ1) is 17.4. The van der Waals surface area contributed by atoms with Gasteiger partial charge in [0.2, 0.25) is 17.7 Å². The summed E-state index contributed by atoms with van der Waals surface area (Å²) in [4.78, 5) is 41.2. The van der Waals surface area contributed by atoms with Crippen LogP contribution in [-0.4, -0.2) is 46.7 Å². The third-order valence-electron chi connectivity index (χ3n) is 6.27. The Kier molecular flexibility index (Phi) is 5.26. The zero-order valence-electron chi connectivity index (χ0n) is 14.9. The number of carbonyl (C=O) groups is 3. The number of likely N-dealkylation sites (N-methyl/N-ethyl adjacent to an activating group) is 1. The fourth-order valence-electron chi connectivity index (χ4n) is 4.90. The van der Waals surface area contributed by atoms with Gasteiger partial charge in [0.05, 0.1) is 5.41 Å². The molecule has 1 saturated heterocycles. The Morgan fingerprint density at radius 2 is 1.71 bits per heavy atom. The van der Waals surface area contributed by atoms with E-state index in [1.807, 2.05) is 11.8 Å². The summed E-state index contributed by atoms with van der Waals surface area (Å²) in [6.45, 7) is 2.59. The number of nitrogens with zero attached hydrogens (tertiary/aromatic N) is 2. The zero-order valence-corrected chi connectivity index (χ0v) is 14.9. The summed E-state index contributed by atoms with van der Waals surface area (Å²) in [5, 5.41) is 0. The third kappa shape index (κ3) is 3.22. The molecule has 24 heavy (non-hydrogen) atoms. The summed E-state index contributed by atoms with van der Waals surface area (Å²) in [6.07, 6.45) is 10.8. The van der Waals surface area contributed by atoms with E-state index in [4.69, 9.17) is 0 Å². The third-order valence-corrected chi connectivity index (χ3v) is 6.27. The van der Waals surface area contributed by atoms with E-state index in [0.717, 1.165) is 44.9 Å². The maximum atomic E-state index is 12.8. The number of carbonyl (C=O) groups excluding carboxylic acids is 3. The van der Waals surface area contributed by atoms with Gasteiger partial charge < -0.3 is 4.90 Å². The molecule has 2 aliphatic carbocycles. The van der Waals surface area contributed by atoms with E-state index in [0.29, 0.717) is 13.0 Å². The number of hydrogen-bond donors (Lipinski definition) is 0. The van der Waals surface area contributed by atoms with Crippen LogP contribution in [0.5, 0.6) is 0 Å². The largest absolute Gasteiger partial charge is 0.338 e. The Hall–Kier alpha value is -1.39. The smallest absolute Gasteiger partial charge is 0.242 e. The van der Waals surface area contributed by atoms with Gasteiger partial charge in [-0.2, -0.15) is 0 Å². The van der Waals surface area contributed by atoms with Gasteiger partial charge in [0.15, 0.2) is 0 Å². The summed E-state index contributed by atoms with van der Waals surface area (Å²) in [5.41, 5.74) is -0.489. The topological polar surface area (TPSA) is 57.7 Å². The Labute approximate surface area is 144 Å². The maximum absolute atomic E-state index is 12.8. The number of imide groups is 1. The molecule has 2 saturated carbocycles. The summed E-state index contributed by atoms with van der Waals surface area (Å²) in [5.74, 6) is -0.283. The lowest BCUT2D eigenvalue weighted by Crippen LogP contribution is -2.48. The molecule has 3 amide bonds. The molecule has 3 aliphatic rings. The second-order valence-corrected chi connectivity index (χ2v) is 7.77. The molecule has 1 aliphatic heterocycles. The Balaban J connectivity index is 1.66.